The summed E-state index contributed by atoms with van der Waals surface area (Å²) in [4.78, 5) is 12.1. The summed E-state index contributed by atoms with van der Waals surface area (Å²) in [5.74, 6) is -0.198. The Kier molecular flexibility index (Phi) is 4.09. The molecule has 1 fully saturated rings. The molecule has 0 aromatic heterocycles. The number of nitrogen functional groups attached to an aromatic ring is 1. The molecular weight excluding hydrogens is 252 g/mol. The van der Waals surface area contributed by atoms with Gasteiger partial charge in [-0.3, -0.25) is 4.79 Å². The third kappa shape index (κ3) is 2.94. The topological polar surface area (TPSA) is 75.4 Å². The summed E-state index contributed by atoms with van der Waals surface area (Å²) in [7, 11) is 0. The van der Waals surface area contributed by atoms with Gasteiger partial charge in [-0.1, -0.05) is 17.7 Å². The van der Waals surface area contributed by atoms with E-state index >= 15 is 0 Å². The lowest BCUT2D eigenvalue weighted by Gasteiger charge is -2.26. The fourth-order valence-corrected chi connectivity index (χ4v) is 2.39. The quantitative estimate of drug-likeness (QED) is 0.718. The van der Waals surface area contributed by atoms with E-state index in [2.05, 4.69) is 5.32 Å². The smallest absolute Gasteiger partial charge is 0.253 e. The number of aliphatic hydroxyl groups excluding tert-OH is 1. The Hall–Kier alpha value is -1.26. The number of hydrogen-bond acceptors (Lipinski definition) is 3. The zero-order valence-electron chi connectivity index (χ0n) is 10.0. The summed E-state index contributed by atoms with van der Waals surface area (Å²) in [5, 5.41) is 12.7. The molecule has 1 saturated carbocycles. The summed E-state index contributed by atoms with van der Waals surface area (Å²) in [5.41, 5.74) is 6.50. The summed E-state index contributed by atoms with van der Waals surface area (Å²) >= 11 is 5.88. The predicted octanol–water partition coefficient (Wildman–Crippen LogP) is 1.96. The van der Waals surface area contributed by atoms with Gasteiger partial charge in [-0.05, 0) is 37.8 Å². The van der Waals surface area contributed by atoms with Gasteiger partial charge in [0.05, 0.1) is 22.4 Å². The van der Waals surface area contributed by atoms with E-state index in [0.29, 0.717) is 16.3 Å². The van der Waals surface area contributed by atoms with Gasteiger partial charge in [0.2, 0.25) is 0 Å². The Morgan fingerprint density at radius 3 is 2.67 bits per heavy atom. The van der Waals surface area contributed by atoms with Crippen LogP contribution in [0.25, 0.3) is 0 Å². The van der Waals surface area contributed by atoms with Crippen LogP contribution in [0.2, 0.25) is 5.02 Å². The van der Waals surface area contributed by atoms with E-state index in [1.165, 1.54) is 0 Å². The van der Waals surface area contributed by atoms with Crippen LogP contribution in [0.1, 0.15) is 36.0 Å². The van der Waals surface area contributed by atoms with Gasteiger partial charge in [0.1, 0.15) is 0 Å². The molecule has 1 amide bonds. The van der Waals surface area contributed by atoms with Gasteiger partial charge in [0.15, 0.2) is 0 Å². The van der Waals surface area contributed by atoms with E-state index in [4.69, 9.17) is 17.3 Å². The maximum Gasteiger partial charge on any atom is 0.253 e. The van der Waals surface area contributed by atoms with Crippen molar-refractivity contribution in [1.29, 1.82) is 0 Å². The van der Waals surface area contributed by atoms with Gasteiger partial charge >= 0.3 is 0 Å². The van der Waals surface area contributed by atoms with Crippen molar-refractivity contribution in [2.45, 2.75) is 37.8 Å². The van der Waals surface area contributed by atoms with Crippen molar-refractivity contribution in [3.8, 4) is 0 Å². The Bertz CT molecular complexity index is 443. The predicted molar refractivity (Wildman–Crippen MR) is 71.6 cm³/mol. The van der Waals surface area contributed by atoms with Crippen LogP contribution in [-0.2, 0) is 0 Å². The Morgan fingerprint density at radius 2 is 2.00 bits per heavy atom. The SMILES string of the molecule is Nc1c(Cl)cccc1C(=O)NC1CCC(O)CC1. The van der Waals surface area contributed by atoms with Crippen LogP contribution < -0.4 is 11.1 Å². The van der Waals surface area contributed by atoms with Crippen molar-refractivity contribution in [3.05, 3.63) is 28.8 Å². The Morgan fingerprint density at radius 1 is 1.33 bits per heavy atom. The number of rotatable bonds is 2. The van der Waals surface area contributed by atoms with Gasteiger partial charge in [-0.2, -0.15) is 0 Å². The van der Waals surface area contributed by atoms with Gasteiger partial charge in [0, 0.05) is 6.04 Å². The molecule has 1 aliphatic carbocycles. The number of nitrogens with one attached hydrogen (secondary N) is 1. The molecule has 0 atom stereocenters. The van der Waals surface area contributed by atoms with Crippen LogP contribution in [-0.4, -0.2) is 23.2 Å². The number of benzene rings is 1. The molecule has 18 heavy (non-hydrogen) atoms. The van der Waals surface area contributed by atoms with Crippen LogP contribution in [0.5, 0.6) is 0 Å². The third-order valence-electron chi connectivity index (χ3n) is 3.33. The molecule has 98 valence electrons. The molecule has 1 aromatic rings. The highest BCUT2D eigenvalue weighted by Gasteiger charge is 2.22. The number of halogens is 1. The van der Waals surface area contributed by atoms with E-state index in [9.17, 15) is 9.90 Å². The highest BCUT2D eigenvalue weighted by Crippen LogP contribution is 2.23. The van der Waals surface area contributed by atoms with Crippen LogP contribution in [0.3, 0.4) is 0 Å². The molecule has 5 heteroatoms. The number of aliphatic hydroxyl groups is 1. The molecule has 2 rings (SSSR count). The standard InChI is InChI=1S/C13H17ClN2O2/c14-11-3-1-2-10(12(11)15)13(18)16-8-4-6-9(17)7-5-8/h1-3,8-9,17H,4-7,15H2,(H,16,18). The normalized spacial score (nSPS) is 23.7. The van der Waals surface area contributed by atoms with Gasteiger partial charge in [-0.15, -0.1) is 0 Å². The van der Waals surface area contributed by atoms with Crippen LogP contribution in [0.4, 0.5) is 5.69 Å². The fourth-order valence-electron chi connectivity index (χ4n) is 2.22. The molecule has 0 bridgehead atoms. The van der Waals surface area contributed by atoms with Gasteiger partial charge in [-0.25, -0.2) is 0 Å². The van der Waals surface area contributed by atoms with Crippen LogP contribution in [0.15, 0.2) is 18.2 Å². The average Bonchev–Trinajstić information content (AvgIpc) is 2.35. The van der Waals surface area contributed by atoms with Gasteiger partial charge < -0.3 is 16.2 Å². The minimum atomic E-state index is -0.227. The van der Waals surface area contributed by atoms with Crippen molar-refractivity contribution in [1.82, 2.24) is 5.32 Å². The maximum atomic E-state index is 12.1. The second-order valence-electron chi connectivity index (χ2n) is 4.68. The number of nitrogens with two attached hydrogens (primary N) is 1. The van der Waals surface area contributed by atoms with Gasteiger partial charge in [0.25, 0.3) is 5.91 Å². The highest BCUT2D eigenvalue weighted by atomic mass is 35.5. The van der Waals surface area contributed by atoms with Crippen LogP contribution >= 0.6 is 11.6 Å². The Labute approximate surface area is 111 Å². The summed E-state index contributed by atoms with van der Waals surface area (Å²) in [6, 6.07) is 5.14. The molecular formula is C13H17ClN2O2. The third-order valence-corrected chi connectivity index (χ3v) is 3.66. The van der Waals surface area contributed by atoms with Crippen molar-refractivity contribution < 1.29 is 9.90 Å². The first-order chi connectivity index (χ1) is 8.58. The number of carbonyl (C=O) groups excluding carboxylic acids is 1. The number of carbonyl (C=O) groups is 1. The lowest BCUT2D eigenvalue weighted by atomic mass is 9.93. The lowest BCUT2D eigenvalue weighted by molar-refractivity contribution is 0.0868. The summed E-state index contributed by atoms with van der Waals surface area (Å²) < 4.78 is 0. The zero-order chi connectivity index (χ0) is 13.1. The lowest BCUT2D eigenvalue weighted by Crippen LogP contribution is -2.38. The van der Waals surface area contributed by atoms with E-state index in [1.807, 2.05) is 0 Å². The van der Waals surface area contributed by atoms with E-state index in [0.717, 1.165) is 25.7 Å². The molecule has 0 radical (unpaired) electrons. The zero-order valence-corrected chi connectivity index (χ0v) is 10.8. The second kappa shape index (κ2) is 5.59. The highest BCUT2D eigenvalue weighted by molar-refractivity contribution is 6.33. The molecule has 1 aliphatic rings. The number of hydrogen-bond donors (Lipinski definition) is 3. The number of amides is 1. The molecule has 0 aliphatic heterocycles. The molecule has 1 aromatic carbocycles. The molecule has 4 nitrogen and oxygen atoms in total. The molecule has 4 N–H and O–H groups in total. The monoisotopic (exact) mass is 268 g/mol. The molecule has 0 heterocycles. The van der Waals surface area contributed by atoms with E-state index < -0.39 is 0 Å². The summed E-state index contributed by atoms with van der Waals surface area (Å²) in [6.45, 7) is 0. The van der Waals surface area contributed by atoms with E-state index in [-0.39, 0.29) is 18.1 Å². The van der Waals surface area contributed by atoms with E-state index in [1.54, 1.807) is 18.2 Å². The molecule has 0 unspecified atom stereocenters. The minimum absolute atomic E-state index is 0.110. The minimum Gasteiger partial charge on any atom is -0.397 e. The fraction of sp³-hybridized carbons (Fsp3) is 0.462. The van der Waals surface area contributed by atoms with Crippen molar-refractivity contribution in [3.63, 3.8) is 0 Å². The first-order valence-electron chi connectivity index (χ1n) is 6.11. The number of para-hydroxylation sites is 1. The Balaban J connectivity index is 2.01. The molecule has 0 spiro atoms. The average molecular weight is 269 g/mol. The number of anilines is 1. The molecule has 0 saturated heterocycles. The van der Waals surface area contributed by atoms with Crippen molar-refractivity contribution in [2.75, 3.05) is 5.73 Å². The summed E-state index contributed by atoms with van der Waals surface area (Å²) in [6.07, 6.45) is 2.83. The second-order valence-corrected chi connectivity index (χ2v) is 5.09. The largest absolute Gasteiger partial charge is 0.397 e. The maximum absolute atomic E-state index is 12.1. The van der Waals surface area contributed by atoms with Crippen molar-refractivity contribution >= 4 is 23.2 Å². The van der Waals surface area contributed by atoms with Crippen LogP contribution in [0, 0.1) is 0 Å². The first kappa shape index (κ1) is 13.2. The van der Waals surface area contributed by atoms with Crippen molar-refractivity contribution in [2.24, 2.45) is 0 Å². The first-order valence-corrected chi connectivity index (χ1v) is 6.48.